The number of likely N-dealkylation sites (N-methyl/N-ethyl adjacent to an activating group) is 1. The molecule has 0 aliphatic carbocycles. The number of ether oxygens (including phenoxy) is 1. The van der Waals surface area contributed by atoms with E-state index in [1.807, 2.05) is 0 Å². The monoisotopic (exact) mass is 311 g/mol. The van der Waals surface area contributed by atoms with Crippen LogP contribution in [0.5, 0.6) is 5.75 Å². The number of carboxylic acid groups (broad SMARTS) is 1. The van der Waals surface area contributed by atoms with Crippen molar-refractivity contribution in [2.75, 3.05) is 20.2 Å². The largest absolute Gasteiger partial charge is 0.492 e. The van der Waals surface area contributed by atoms with Gasteiger partial charge in [0.1, 0.15) is 12.4 Å². The van der Waals surface area contributed by atoms with Crippen LogP contribution < -0.4 is 4.74 Å². The topological polar surface area (TPSA) is 107 Å². The molecule has 0 bridgehead atoms. The lowest BCUT2D eigenvalue weighted by molar-refractivity contribution is -0.140. The summed E-state index contributed by atoms with van der Waals surface area (Å²) in [6.07, 6.45) is -0.233. The van der Waals surface area contributed by atoms with Crippen molar-refractivity contribution < 1.29 is 29.6 Å². The van der Waals surface area contributed by atoms with E-state index in [1.54, 1.807) is 25.2 Å². The van der Waals surface area contributed by atoms with Crippen molar-refractivity contribution in [3.8, 4) is 5.75 Å². The summed E-state index contributed by atoms with van der Waals surface area (Å²) >= 11 is 0. The Hall–Kier alpha value is -2.12. The van der Waals surface area contributed by atoms with Crippen LogP contribution in [0, 0.1) is 0 Å². The third-order valence-electron chi connectivity index (χ3n) is 3.07. The van der Waals surface area contributed by atoms with Crippen molar-refractivity contribution in [2.45, 2.75) is 26.1 Å². The summed E-state index contributed by atoms with van der Waals surface area (Å²) in [5.74, 6) is -0.761. The van der Waals surface area contributed by atoms with Crippen molar-refractivity contribution in [2.24, 2.45) is 0 Å². The van der Waals surface area contributed by atoms with Gasteiger partial charge < -0.3 is 25.0 Å². The Balaban J connectivity index is 2.46. The van der Waals surface area contributed by atoms with Gasteiger partial charge in [-0.15, -0.1) is 0 Å². The zero-order valence-electron chi connectivity index (χ0n) is 12.5. The van der Waals surface area contributed by atoms with E-state index >= 15 is 0 Å². The molecule has 0 heterocycles. The van der Waals surface area contributed by atoms with Crippen LogP contribution in [0.25, 0.3) is 0 Å². The molecule has 0 aromatic heterocycles. The van der Waals surface area contributed by atoms with Gasteiger partial charge in [0, 0.05) is 13.5 Å². The molecule has 1 amide bonds. The van der Waals surface area contributed by atoms with Crippen molar-refractivity contribution in [1.82, 2.24) is 4.90 Å². The molecule has 0 fully saturated rings. The van der Waals surface area contributed by atoms with E-state index in [0.717, 1.165) is 0 Å². The second-order valence-corrected chi connectivity index (χ2v) is 4.86. The lowest BCUT2D eigenvalue weighted by Crippen LogP contribution is -2.31. The maximum atomic E-state index is 11.6. The molecule has 0 aliphatic heterocycles. The Morgan fingerprint density at radius 3 is 2.18 bits per heavy atom. The number of hydrogen-bond donors (Lipinski definition) is 3. The minimum Gasteiger partial charge on any atom is -0.492 e. The van der Waals surface area contributed by atoms with Crippen LogP contribution in [0.4, 0.5) is 0 Å². The van der Waals surface area contributed by atoms with Crippen molar-refractivity contribution in [1.29, 1.82) is 0 Å². The summed E-state index contributed by atoms with van der Waals surface area (Å²) in [5.41, 5.74) is 1.26. The van der Waals surface area contributed by atoms with E-state index in [2.05, 4.69) is 0 Å². The second kappa shape index (κ2) is 9.01. The van der Waals surface area contributed by atoms with Crippen LogP contribution in [0.2, 0.25) is 0 Å². The van der Waals surface area contributed by atoms with Gasteiger partial charge in [-0.3, -0.25) is 9.59 Å². The fourth-order valence-electron chi connectivity index (χ4n) is 1.82. The summed E-state index contributed by atoms with van der Waals surface area (Å²) in [7, 11) is 1.58. The summed E-state index contributed by atoms with van der Waals surface area (Å²) in [5, 5.41) is 26.8. The Bertz CT molecular complexity index is 495. The molecule has 22 heavy (non-hydrogen) atoms. The van der Waals surface area contributed by atoms with Gasteiger partial charge in [-0.25, -0.2) is 0 Å². The number of aliphatic carboxylic acids is 1. The summed E-state index contributed by atoms with van der Waals surface area (Å²) in [6, 6.07) is 4.99. The lowest BCUT2D eigenvalue weighted by Gasteiger charge is -2.17. The third kappa shape index (κ3) is 6.11. The van der Waals surface area contributed by atoms with Gasteiger partial charge >= 0.3 is 5.97 Å². The maximum absolute atomic E-state index is 11.6. The normalized spacial score (nSPS) is 10.3. The minimum absolute atomic E-state index is 0.0412. The van der Waals surface area contributed by atoms with E-state index in [-0.39, 0.29) is 38.6 Å². The van der Waals surface area contributed by atoms with Gasteiger partial charge in [-0.1, -0.05) is 6.07 Å². The van der Waals surface area contributed by atoms with E-state index in [0.29, 0.717) is 23.4 Å². The Morgan fingerprint density at radius 2 is 1.68 bits per heavy atom. The molecule has 1 rings (SSSR count). The number of amides is 1. The average molecular weight is 311 g/mol. The standard InChI is InChI=1S/C15H21NO6/c1-16(14(19)2-3-15(20)21)4-5-22-13-7-11(9-17)6-12(8-13)10-18/h6-8,17-18H,2-5,9-10H2,1H3,(H,20,21). The molecule has 0 aliphatic rings. The van der Waals surface area contributed by atoms with Crippen LogP contribution >= 0.6 is 0 Å². The highest BCUT2D eigenvalue weighted by atomic mass is 16.5. The van der Waals surface area contributed by atoms with Gasteiger partial charge in [0.2, 0.25) is 5.91 Å². The van der Waals surface area contributed by atoms with Gasteiger partial charge in [0.15, 0.2) is 0 Å². The molecule has 1 aromatic carbocycles. The van der Waals surface area contributed by atoms with E-state index < -0.39 is 5.97 Å². The Kier molecular flexibility index (Phi) is 7.34. The van der Waals surface area contributed by atoms with E-state index in [9.17, 15) is 9.59 Å². The fraction of sp³-hybridized carbons (Fsp3) is 0.467. The molecule has 3 N–H and O–H groups in total. The average Bonchev–Trinajstić information content (AvgIpc) is 2.51. The summed E-state index contributed by atoms with van der Waals surface area (Å²) in [4.78, 5) is 23.5. The molecule has 7 nitrogen and oxygen atoms in total. The first kappa shape index (κ1) is 17.9. The zero-order chi connectivity index (χ0) is 16.5. The Morgan fingerprint density at radius 1 is 1.09 bits per heavy atom. The van der Waals surface area contributed by atoms with Crippen LogP contribution in [-0.4, -0.2) is 52.3 Å². The molecule has 0 atom stereocenters. The minimum atomic E-state index is -1.00. The molecular formula is C15H21NO6. The Labute approximate surface area is 128 Å². The summed E-state index contributed by atoms with van der Waals surface area (Å²) < 4.78 is 5.50. The van der Waals surface area contributed by atoms with Gasteiger partial charge in [-0.2, -0.15) is 0 Å². The van der Waals surface area contributed by atoms with Crippen molar-refractivity contribution >= 4 is 11.9 Å². The van der Waals surface area contributed by atoms with Crippen LogP contribution in [0.3, 0.4) is 0 Å². The molecule has 7 heteroatoms. The number of carboxylic acids is 1. The number of benzene rings is 1. The quantitative estimate of drug-likeness (QED) is 0.608. The molecule has 0 saturated carbocycles. The highest BCUT2D eigenvalue weighted by Crippen LogP contribution is 2.17. The van der Waals surface area contributed by atoms with Gasteiger partial charge in [-0.05, 0) is 23.3 Å². The first-order valence-corrected chi connectivity index (χ1v) is 6.89. The molecule has 0 radical (unpaired) electrons. The molecule has 0 spiro atoms. The van der Waals surface area contributed by atoms with E-state index in [1.165, 1.54) is 4.90 Å². The lowest BCUT2D eigenvalue weighted by atomic mass is 10.1. The zero-order valence-corrected chi connectivity index (χ0v) is 12.5. The number of rotatable bonds is 9. The molecule has 0 saturated heterocycles. The third-order valence-corrected chi connectivity index (χ3v) is 3.07. The molecule has 0 unspecified atom stereocenters. The smallest absolute Gasteiger partial charge is 0.303 e. The van der Waals surface area contributed by atoms with Crippen molar-refractivity contribution in [3.63, 3.8) is 0 Å². The van der Waals surface area contributed by atoms with Crippen molar-refractivity contribution in [3.05, 3.63) is 29.3 Å². The predicted octanol–water partition coefficient (Wildman–Crippen LogP) is 0.373. The van der Waals surface area contributed by atoms with Gasteiger partial charge in [0.05, 0.1) is 26.2 Å². The SMILES string of the molecule is CN(CCOc1cc(CO)cc(CO)c1)C(=O)CCC(=O)O. The maximum Gasteiger partial charge on any atom is 0.303 e. The first-order chi connectivity index (χ1) is 10.5. The van der Waals surface area contributed by atoms with E-state index in [4.69, 9.17) is 20.1 Å². The number of carbonyl (C=O) groups excluding carboxylic acids is 1. The number of hydrogen-bond acceptors (Lipinski definition) is 5. The van der Waals surface area contributed by atoms with Crippen LogP contribution in [0.15, 0.2) is 18.2 Å². The van der Waals surface area contributed by atoms with Crippen LogP contribution in [0.1, 0.15) is 24.0 Å². The van der Waals surface area contributed by atoms with Crippen LogP contribution in [-0.2, 0) is 22.8 Å². The van der Waals surface area contributed by atoms with Gasteiger partial charge in [0.25, 0.3) is 0 Å². The molecule has 1 aromatic rings. The first-order valence-electron chi connectivity index (χ1n) is 6.89. The number of carbonyl (C=O) groups is 2. The highest BCUT2D eigenvalue weighted by Gasteiger charge is 2.11. The summed E-state index contributed by atoms with van der Waals surface area (Å²) in [6.45, 7) is 0.237. The molecule has 122 valence electrons. The highest BCUT2D eigenvalue weighted by molar-refractivity contribution is 5.80. The predicted molar refractivity (Wildman–Crippen MR) is 78.3 cm³/mol. The number of aliphatic hydroxyl groups is 2. The fourth-order valence-corrected chi connectivity index (χ4v) is 1.82. The second-order valence-electron chi connectivity index (χ2n) is 4.86. The molecular weight excluding hydrogens is 290 g/mol. The number of aliphatic hydroxyl groups excluding tert-OH is 2. The number of nitrogens with zero attached hydrogens (tertiary/aromatic N) is 1.